The van der Waals surface area contributed by atoms with Crippen LogP contribution < -0.4 is 5.32 Å². The SMILES string of the molecule is Cc1nn(Cc2ccccc2)c(C)c1C(=O)NCCN1C(=O)SC(=Cc2ccccc2)C1=O. The molecule has 168 valence electrons. The number of nitrogens with one attached hydrogen (secondary N) is 1. The van der Waals surface area contributed by atoms with Crippen molar-refractivity contribution in [3.05, 3.63) is 93.6 Å². The van der Waals surface area contributed by atoms with Gasteiger partial charge in [-0.25, -0.2) is 0 Å². The summed E-state index contributed by atoms with van der Waals surface area (Å²) in [6.07, 6.45) is 1.71. The van der Waals surface area contributed by atoms with Gasteiger partial charge >= 0.3 is 0 Å². The lowest BCUT2D eigenvalue weighted by molar-refractivity contribution is -0.122. The van der Waals surface area contributed by atoms with Crippen molar-refractivity contribution in [2.24, 2.45) is 0 Å². The highest BCUT2D eigenvalue weighted by Crippen LogP contribution is 2.31. The van der Waals surface area contributed by atoms with Gasteiger partial charge in [-0.3, -0.25) is 24.0 Å². The zero-order valence-corrected chi connectivity index (χ0v) is 19.3. The van der Waals surface area contributed by atoms with Gasteiger partial charge in [0.1, 0.15) is 0 Å². The van der Waals surface area contributed by atoms with Crippen LogP contribution in [0.3, 0.4) is 0 Å². The van der Waals surface area contributed by atoms with Crippen molar-refractivity contribution >= 4 is 34.9 Å². The van der Waals surface area contributed by atoms with Crippen LogP contribution in [0, 0.1) is 13.8 Å². The predicted molar refractivity (Wildman–Crippen MR) is 129 cm³/mol. The maximum absolute atomic E-state index is 12.8. The highest BCUT2D eigenvalue weighted by atomic mass is 32.2. The average Bonchev–Trinajstić information content (AvgIpc) is 3.23. The number of aromatic nitrogens is 2. The number of imide groups is 1. The first-order valence-corrected chi connectivity index (χ1v) is 11.4. The van der Waals surface area contributed by atoms with E-state index in [1.54, 1.807) is 13.0 Å². The van der Waals surface area contributed by atoms with Crippen LogP contribution in [0.15, 0.2) is 65.6 Å². The van der Waals surface area contributed by atoms with Gasteiger partial charge in [-0.2, -0.15) is 5.10 Å². The first kappa shape index (κ1) is 22.5. The molecular formula is C25H24N4O3S. The summed E-state index contributed by atoms with van der Waals surface area (Å²) < 4.78 is 1.81. The summed E-state index contributed by atoms with van der Waals surface area (Å²) in [5.41, 5.74) is 3.88. The summed E-state index contributed by atoms with van der Waals surface area (Å²) >= 11 is 0.913. The number of rotatable bonds is 7. The lowest BCUT2D eigenvalue weighted by atomic mass is 10.1. The zero-order chi connectivity index (χ0) is 23.4. The fourth-order valence-corrected chi connectivity index (χ4v) is 4.56. The van der Waals surface area contributed by atoms with E-state index in [2.05, 4.69) is 10.4 Å². The summed E-state index contributed by atoms with van der Waals surface area (Å²) in [6.45, 7) is 4.51. The van der Waals surface area contributed by atoms with E-state index in [0.29, 0.717) is 22.7 Å². The molecular weight excluding hydrogens is 436 g/mol. The van der Waals surface area contributed by atoms with Crippen molar-refractivity contribution in [2.75, 3.05) is 13.1 Å². The van der Waals surface area contributed by atoms with Crippen LogP contribution in [-0.2, 0) is 11.3 Å². The number of hydrogen-bond acceptors (Lipinski definition) is 5. The van der Waals surface area contributed by atoms with E-state index >= 15 is 0 Å². The fraction of sp³-hybridized carbons (Fsp3) is 0.200. The maximum Gasteiger partial charge on any atom is 0.293 e. The summed E-state index contributed by atoms with van der Waals surface area (Å²) in [5, 5.41) is 7.00. The molecule has 1 aliphatic heterocycles. The Bertz CT molecular complexity index is 1220. The quantitative estimate of drug-likeness (QED) is 0.539. The van der Waals surface area contributed by atoms with Gasteiger partial charge in [0.2, 0.25) is 0 Å². The summed E-state index contributed by atoms with van der Waals surface area (Å²) in [5.74, 6) is -0.609. The minimum atomic E-state index is -0.342. The Morgan fingerprint density at radius 3 is 2.39 bits per heavy atom. The monoisotopic (exact) mass is 460 g/mol. The number of carbonyl (C=O) groups is 3. The fourth-order valence-electron chi connectivity index (χ4n) is 3.70. The molecule has 0 unspecified atom stereocenters. The molecule has 0 atom stereocenters. The van der Waals surface area contributed by atoms with Gasteiger partial charge in [0, 0.05) is 18.8 Å². The van der Waals surface area contributed by atoms with Crippen molar-refractivity contribution in [3.8, 4) is 0 Å². The molecule has 0 spiro atoms. The molecule has 33 heavy (non-hydrogen) atoms. The normalized spacial score (nSPS) is 14.8. The molecule has 3 aromatic rings. The van der Waals surface area contributed by atoms with Gasteiger partial charge < -0.3 is 5.32 Å². The van der Waals surface area contributed by atoms with Crippen LogP contribution in [0.1, 0.15) is 32.9 Å². The predicted octanol–water partition coefficient (Wildman–Crippen LogP) is 4.01. The van der Waals surface area contributed by atoms with E-state index in [-0.39, 0.29) is 30.1 Å². The van der Waals surface area contributed by atoms with E-state index in [0.717, 1.165) is 33.5 Å². The third-order valence-corrected chi connectivity index (χ3v) is 6.28. The summed E-state index contributed by atoms with van der Waals surface area (Å²) in [4.78, 5) is 39.3. The third kappa shape index (κ3) is 5.06. The average molecular weight is 461 g/mol. The molecule has 4 rings (SSSR count). The first-order chi connectivity index (χ1) is 15.9. The van der Waals surface area contributed by atoms with Crippen LogP contribution in [0.5, 0.6) is 0 Å². The van der Waals surface area contributed by atoms with Gasteiger partial charge in [0.25, 0.3) is 17.1 Å². The minimum Gasteiger partial charge on any atom is -0.350 e. The molecule has 8 heteroatoms. The molecule has 1 saturated heterocycles. The molecule has 0 saturated carbocycles. The van der Waals surface area contributed by atoms with Crippen molar-refractivity contribution in [1.82, 2.24) is 20.0 Å². The molecule has 0 bridgehead atoms. The number of carbonyl (C=O) groups excluding carboxylic acids is 3. The highest BCUT2D eigenvalue weighted by Gasteiger charge is 2.34. The lowest BCUT2D eigenvalue weighted by Crippen LogP contribution is -2.37. The van der Waals surface area contributed by atoms with E-state index in [1.165, 1.54) is 0 Å². The van der Waals surface area contributed by atoms with E-state index < -0.39 is 0 Å². The molecule has 3 amide bonds. The standard InChI is InChI=1S/C25H24N4O3S/c1-17-22(18(2)29(27-17)16-20-11-7-4-8-12-20)23(30)26-13-14-28-24(31)21(33-25(28)32)15-19-9-5-3-6-10-19/h3-12,15H,13-14,16H2,1-2H3,(H,26,30). The number of thioether (sulfide) groups is 1. The van der Waals surface area contributed by atoms with Crippen molar-refractivity contribution in [1.29, 1.82) is 0 Å². The van der Waals surface area contributed by atoms with Crippen LogP contribution in [-0.4, -0.2) is 44.8 Å². The second-order valence-electron chi connectivity index (χ2n) is 7.69. The van der Waals surface area contributed by atoms with Gasteiger partial charge in [-0.05, 0) is 42.8 Å². The first-order valence-electron chi connectivity index (χ1n) is 10.6. The largest absolute Gasteiger partial charge is 0.350 e. The summed E-state index contributed by atoms with van der Waals surface area (Å²) in [7, 11) is 0. The zero-order valence-electron chi connectivity index (χ0n) is 18.4. The second-order valence-corrected chi connectivity index (χ2v) is 8.68. The molecule has 1 N–H and O–H groups in total. The number of amides is 3. The van der Waals surface area contributed by atoms with Gasteiger partial charge in [0.15, 0.2) is 0 Å². The molecule has 0 radical (unpaired) electrons. The topological polar surface area (TPSA) is 84.3 Å². The number of benzene rings is 2. The van der Waals surface area contributed by atoms with Crippen LogP contribution in [0.25, 0.3) is 6.08 Å². The summed E-state index contributed by atoms with van der Waals surface area (Å²) in [6, 6.07) is 19.3. The highest BCUT2D eigenvalue weighted by molar-refractivity contribution is 8.18. The van der Waals surface area contributed by atoms with Gasteiger partial charge in [-0.1, -0.05) is 60.7 Å². The molecule has 1 aromatic heterocycles. The molecule has 1 aliphatic rings. The number of hydrogen-bond donors (Lipinski definition) is 1. The van der Waals surface area contributed by atoms with Gasteiger partial charge in [-0.15, -0.1) is 0 Å². The van der Waals surface area contributed by atoms with Crippen LogP contribution >= 0.6 is 11.8 Å². The van der Waals surface area contributed by atoms with Crippen LogP contribution in [0.4, 0.5) is 4.79 Å². The maximum atomic E-state index is 12.8. The molecule has 7 nitrogen and oxygen atoms in total. The molecule has 1 fully saturated rings. The van der Waals surface area contributed by atoms with E-state index in [9.17, 15) is 14.4 Å². The Balaban J connectivity index is 1.37. The van der Waals surface area contributed by atoms with Crippen LogP contribution in [0.2, 0.25) is 0 Å². The second kappa shape index (κ2) is 9.87. The Labute approximate surface area is 196 Å². The van der Waals surface area contributed by atoms with Crippen molar-refractivity contribution in [2.45, 2.75) is 20.4 Å². The Hall–Kier alpha value is -3.65. The number of nitrogens with zero attached hydrogens (tertiary/aromatic N) is 3. The molecule has 0 aliphatic carbocycles. The number of aryl methyl sites for hydroxylation is 1. The smallest absolute Gasteiger partial charge is 0.293 e. The molecule has 2 aromatic carbocycles. The third-order valence-electron chi connectivity index (χ3n) is 5.38. The van der Waals surface area contributed by atoms with Crippen molar-refractivity contribution < 1.29 is 14.4 Å². The van der Waals surface area contributed by atoms with Gasteiger partial charge in [0.05, 0.1) is 22.7 Å². The lowest BCUT2D eigenvalue weighted by Gasteiger charge is -2.13. The molecule has 2 heterocycles. The Morgan fingerprint density at radius 1 is 1.03 bits per heavy atom. The van der Waals surface area contributed by atoms with Crippen molar-refractivity contribution in [3.63, 3.8) is 0 Å². The minimum absolute atomic E-state index is 0.110. The Morgan fingerprint density at radius 2 is 1.70 bits per heavy atom. The Kier molecular flexibility index (Phi) is 6.74. The van der Waals surface area contributed by atoms with E-state index in [1.807, 2.05) is 72.3 Å². The van der Waals surface area contributed by atoms with E-state index in [4.69, 9.17) is 0 Å².